The van der Waals surface area contributed by atoms with Crippen LogP contribution in [0.25, 0.3) is 6.08 Å². The highest BCUT2D eigenvalue weighted by molar-refractivity contribution is 6.37. The van der Waals surface area contributed by atoms with Gasteiger partial charge in [-0.05, 0) is 18.2 Å². The van der Waals surface area contributed by atoms with E-state index in [9.17, 15) is 14.7 Å². The second-order valence-electron chi connectivity index (χ2n) is 4.70. The number of halogens is 2. The molecule has 0 spiro atoms. The summed E-state index contributed by atoms with van der Waals surface area (Å²) in [5, 5.41) is 19.4. The predicted molar refractivity (Wildman–Crippen MR) is 79.3 cm³/mol. The minimum atomic E-state index is -1.14. The Morgan fingerprint density at radius 2 is 1.90 bits per heavy atom. The lowest BCUT2D eigenvalue weighted by Crippen LogP contribution is -2.39. The number of hydrogen-bond acceptors (Lipinski definition) is 3. The molecule has 2 N–H and O–H groups in total. The number of aliphatic hydroxyl groups is 1. The van der Waals surface area contributed by atoms with E-state index in [2.05, 4.69) is 0 Å². The Morgan fingerprint density at radius 3 is 2.48 bits per heavy atom. The molecule has 1 aliphatic rings. The Bertz CT molecular complexity index is 582. The van der Waals surface area contributed by atoms with Crippen molar-refractivity contribution in [3.05, 3.63) is 39.9 Å². The first kappa shape index (κ1) is 15.8. The van der Waals surface area contributed by atoms with Crippen molar-refractivity contribution in [1.82, 2.24) is 4.90 Å². The van der Waals surface area contributed by atoms with Crippen molar-refractivity contribution in [2.75, 3.05) is 6.54 Å². The highest BCUT2D eigenvalue weighted by Gasteiger charge is 2.38. The second kappa shape index (κ2) is 6.47. The number of aliphatic hydroxyl groups excluding tert-OH is 1. The predicted octanol–water partition coefficient (Wildman–Crippen LogP) is 2.05. The van der Waals surface area contributed by atoms with Crippen molar-refractivity contribution in [3.63, 3.8) is 0 Å². The van der Waals surface area contributed by atoms with E-state index in [-0.39, 0.29) is 13.0 Å². The summed E-state index contributed by atoms with van der Waals surface area (Å²) in [5.41, 5.74) is 0.487. The largest absolute Gasteiger partial charge is 0.480 e. The van der Waals surface area contributed by atoms with Gasteiger partial charge in [0.25, 0.3) is 0 Å². The lowest BCUT2D eigenvalue weighted by atomic mass is 10.2. The number of hydrogen-bond donors (Lipinski definition) is 2. The molecular weight excluding hydrogens is 317 g/mol. The molecule has 5 nitrogen and oxygen atoms in total. The third-order valence-electron chi connectivity index (χ3n) is 3.24. The van der Waals surface area contributed by atoms with Crippen LogP contribution in [0.2, 0.25) is 10.0 Å². The number of β-amino-alcohol motifs (C(OH)–C–C–N with tert-alkyl or cyclic N) is 1. The van der Waals surface area contributed by atoms with Gasteiger partial charge in [-0.1, -0.05) is 29.3 Å². The molecule has 7 heteroatoms. The number of aliphatic carboxylic acids is 1. The molecule has 2 rings (SSSR count). The third-order valence-corrected chi connectivity index (χ3v) is 3.90. The van der Waals surface area contributed by atoms with Crippen LogP contribution in [-0.2, 0) is 9.59 Å². The second-order valence-corrected chi connectivity index (χ2v) is 5.52. The number of nitrogens with zero attached hydrogens (tertiary/aromatic N) is 1. The number of amides is 1. The first-order chi connectivity index (χ1) is 9.90. The highest BCUT2D eigenvalue weighted by atomic mass is 35.5. The molecule has 1 saturated heterocycles. The topological polar surface area (TPSA) is 77.8 Å². The van der Waals surface area contributed by atoms with Crippen LogP contribution in [0.5, 0.6) is 0 Å². The van der Waals surface area contributed by atoms with E-state index in [4.69, 9.17) is 28.3 Å². The maximum Gasteiger partial charge on any atom is 0.326 e. The van der Waals surface area contributed by atoms with Crippen LogP contribution >= 0.6 is 23.2 Å². The van der Waals surface area contributed by atoms with E-state index in [1.807, 2.05) is 0 Å². The number of carboxylic acid groups (broad SMARTS) is 1. The zero-order valence-electron chi connectivity index (χ0n) is 10.9. The Morgan fingerprint density at radius 1 is 1.29 bits per heavy atom. The standard InChI is InChI=1S/C14H13Cl2NO4/c15-10-2-1-3-11(16)9(10)4-5-13(19)17-7-8(18)6-12(17)14(20)21/h1-5,8,12,18H,6-7H2,(H,20,21)/t8-,12-/m0/s1. The molecule has 1 aromatic carbocycles. The summed E-state index contributed by atoms with van der Waals surface area (Å²) >= 11 is 12.0. The number of rotatable bonds is 3. The van der Waals surface area contributed by atoms with Crippen LogP contribution in [0.15, 0.2) is 24.3 Å². The summed E-state index contributed by atoms with van der Waals surface area (Å²) in [4.78, 5) is 24.3. The number of likely N-dealkylation sites (tertiary alicyclic amines) is 1. The van der Waals surface area contributed by atoms with Crippen LogP contribution in [0.3, 0.4) is 0 Å². The monoisotopic (exact) mass is 329 g/mol. The van der Waals surface area contributed by atoms with Crippen LogP contribution in [0, 0.1) is 0 Å². The molecule has 1 aliphatic heterocycles. The van der Waals surface area contributed by atoms with E-state index >= 15 is 0 Å². The van der Waals surface area contributed by atoms with E-state index in [0.717, 1.165) is 4.90 Å². The highest BCUT2D eigenvalue weighted by Crippen LogP contribution is 2.26. The molecule has 0 bridgehead atoms. The molecule has 1 heterocycles. The summed E-state index contributed by atoms with van der Waals surface area (Å²) in [6.45, 7) is -0.00358. The average molecular weight is 330 g/mol. The molecule has 21 heavy (non-hydrogen) atoms. The molecule has 0 unspecified atom stereocenters. The number of carbonyl (C=O) groups excluding carboxylic acids is 1. The molecule has 0 saturated carbocycles. The Hall–Kier alpha value is -1.56. The van der Waals surface area contributed by atoms with Gasteiger partial charge in [-0.15, -0.1) is 0 Å². The number of carboxylic acids is 1. The normalized spacial score (nSPS) is 22.0. The lowest BCUT2D eigenvalue weighted by molar-refractivity contribution is -0.146. The van der Waals surface area contributed by atoms with Gasteiger partial charge >= 0.3 is 5.97 Å². The van der Waals surface area contributed by atoms with Gasteiger partial charge in [0.05, 0.1) is 6.10 Å². The molecule has 0 aromatic heterocycles. The smallest absolute Gasteiger partial charge is 0.326 e. The van der Waals surface area contributed by atoms with Gasteiger partial charge in [0.2, 0.25) is 5.91 Å². The maximum absolute atomic E-state index is 12.1. The summed E-state index contributed by atoms with van der Waals surface area (Å²) in [6, 6.07) is 3.94. The fourth-order valence-electron chi connectivity index (χ4n) is 2.21. The molecule has 1 fully saturated rings. The van der Waals surface area contributed by atoms with Gasteiger partial charge in [-0.25, -0.2) is 4.79 Å². The quantitative estimate of drug-likeness (QED) is 0.832. The molecule has 112 valence electrons. The fraction of sp³-hybridized carbons (Fsp3) is 0.286. The van der Waals surface area contributed by atoms with Gasteiger partial charge in [0.1, 0.15) is 6.04 Å². The Balaban J connectivity index is 2.17. The molecule has 1 aromatic rings. The fourth-order valence-corrected chi connectivity index (χ4v) is 2.74. The SMILES string of the molecule is O=C(O)[C@@H]1C[C@H](O)CN1C(=O)C=Cc1c(Cl)cccc1Cl. The van der Waals surface area contributed by atoms with Crippen molar-refractivity contribution >= 4 is 41.2 Å². The Labute approximate surface area is 131 Å². The van der Waals surface area contributed by atoms with Crippen molar-refractivity contribution < 1.29 is 19.8 Å². The van der Waals surface area contributed by atoms with Crippen molar-refractivity contribution in [2.24, 2.45) is 0 Å². The average Bonchev–Trinajstić information content (AvgIpc) is 2.80. The van der Waals surface area contributed by atoms with Gasteiger partial charge in [0.15, 0.2) is 0 Å². The molecule has 0 radical (unpaired) electrons. The van der Waals surface area contributed by atoms with Gasteiger partial charge in [-0.2, -0.15) is 0 Å². The van der Waals surface area contributed by atoms with Crippen LogP contribution in [0.1, 0.15) is 12.0 Å². The summed E-state index contributed by atoms with van der Waals surface area (Å²) in [6.07, 6.45) is 1.85. The third kappa shape index (κ3) is 3.56. The zero-order valence-corrected chi connectivity index (χ0v) is 12.4. The maximum atomic E-state index is 12.1. The summed E-state index contributed by atoms with van der Waals surface area (Å²) in [5.74, 6) is -1.64. The van der Waals surface area contributed by atoms with Gasteiger partial charge in [0, 0.05) is 34.7 Å². The first-order valence-corrected chi connectivity index (χ1v) is 6.99. The van der Waals surface area contributed by atoms with E-state index in [1.165, 1.54) is 12.2 Å². The molecular formula is C14H13Cl2NO4. The zero-order chi connectivity index (χ0) is 15.6. The number of carbonyl (C=O) groups is 2. The summed E-state index contributed by atoms with van der Waals surface area (Å²) in [7, 11) is 0. The van der Waals surface area contributed by atoms with Crippen molar-refractivity contribution in [1.29, 1.82) is 0 Å². The van der Waals surface area contributed by atoms with Crippen molar-refractivity contribution in [2.45, 2.75) is 18.6 Å². The van der Waals surface area contributed by atoms with Crippen LogP contribution in [-0.4, -0.2) is 45.7 Å². The molecule has 2 atom stereocenters. The minimum absolute atomic E-state index is 0.00358. The molecule has 1 amide bonds. The first-order valence-electron chi connectivity index (χ1n) is 6.23. The Kier molecular flexibility index (Phi) is 4.88. The lowest BCUT2D eigenvalue weighted by Gasteiger charge is -2.19. The van der Waals surface area contributed by atoms with Crippen LogP contribution < -0.4 is 0 Å². The van der Waals surface area contributed by atoms with Crippen LogP contribution in [0.4, 0.5) is 0 Å². The van der Waals surface area contributed by atoms with Crippen molar-refractivity contribution in [3.8, 4) is 0 Å². The van der Waals surface area contributed by atoms with E-state index < -0.39 is 24.0 Å². The molecule has 0 aliphatic carbocycles. The van der Waals surface area contributed by atoms with Gasteiger partial charge in [-0.3, -0.25) is 4.79 Å². The number of benzene rings is 1. The minimum Gasteiger partial charge on any atom is -0.480 e. The van der Waals surface area contributed by atoms with E-state index in [0.29, 0.717) is 15.6 Å². The van der Waals surface area contributed by atoms with E-state index in [1.54, 1.807) is 18.2 Å². The van der Waals surface area contributed by atoms with Gasteiger partial charge < -0.3 is 15.1 Å². The summed E-state index contributed by atoms with van der Waals surface area (Å²) < 4.78 is 0.